The van der Waals surface area contributed by atoms with E-state index in [4.69, 9.17) is 10.5 Å². The Morgan fingerprint density at radius 1 is 1.37 bits per heavy atom. The molecule has 106 valence electrons. The average molecular weight is 282 g/mol. The van der Waals surface area contributed by atoms with E-state index in [-0.39, 0.29) is 6.10 Å². The van der Waals surface area contributed by atoms with E-state index in [1.807, 2.05) is 32.0 Å². The molecule has 1 aliphatic rings. The Balaban J connectivity index is 2.05. The van der Waals surface area contributed by atoms with Crippen molar-refractivity contribution < 1.29 is 8.95 Å². The van der Waals surface area contributed by atoms with Gasteiger partial charge in [-0.1, -0.05) is 6.07 Å². The molecule has 0 radical (unpaired) electrons. The van der Waals surface area contributed by atoms with Crippen LogP contribution in [-0.2, 0) is 10.8 Å². The lowest BCUT2D eigenvalue weighted by Gasteiger charge is -2.25. The third-order valence-electron chi connectivity index (χ3n) is 3.18. The van der Waals surface area contributed by atoms with E-state index in [2.05, 4.69) is 5.32 Å². The van der Waals surface area contributed by atoms with Crippen LogP contribution in [0.5, 0.6) is 5.75 Å². The monoisotopic (exact) mass is 282 g/mol. The van der Waals surface area contributed by atoms with Crippen molar-refractivity contribution in [1.29, 1.82) is 0 Å². The average Bonchev–Trinajstić information content (AvgIpc) is 2.36. The second-order valence-electron chi connectivity index (χ2n) is 5.15. The van der Waals surface area contributed by atoms with Gasteiger partial charge in [-0.15, -0.1) is 0 Å². The summed E-state index contributed by atoms with van der Waals surface area (Å²) in [5, 5.41) is 3.44. The maximum absolute atomic E-state index is 11.3. The van der Waals surface area contributed by atoms with Gasteiger partial charge in [0, 0.05) is 28.3 Å². The Hall–Kier alpha value is -1.23. The van der Waals surface area contributed by atoms with Crippen LogP contribution in [0.25, 0.3) is 0 Å². The highest BCUT2D eigenvalue weighted by molar-refractivity contribution is 7.85. The van der Waals surface area contributed by atoms with E-state index < -0.39 is 10.8 Å². The molecule has 0 spiro atoms. The second kappa shape index (κ2) is 6.28. The van der Waals surface area contributed by atoms with Crippen LogP contribution in [0.1, 0.15) is 26.7 Å². The second-order valence-corrected chi connectivity index (χ2v) is 6.85. The first-order valence-electron chi connectivity index (χ1n) is 6.73. The molecule has 1 fully saturated rings. The molecule has 1 aliphatic heterocycles. The summed E-state index contributed by atoms with van der Waals surface area (Å²) in [4.78, 5) is 0. The summed E-state index contributed by atoms with van der Waals surface area (Å²) in [5.74, 6) is 2.28. The molecule has 1 aromatic rings. The number of hydrogen-bond acceptors (Lipinski definition) is 4. The van der Waals surface area contributed by atoms with E-state index in [1.165, 1.54) is 0 Å². The van der Waals surface area contributed by atoms with Crippen molar-refractivity contribution in [2.45, 2.75) is 38.8 Å². The summed E-state index contributed by atoms with van der Waals surface area (Å²) in [5.41, 5.74) is 7.70. The van der Waals surface area contributed by atoms with E-state index in [9.17, 15) is 4.21 Å². The molecule has 0 unspecified atom stereocenters. The predicted octanol–water partition coefficient (Wildman–Crippen LogP) is 2.38. The van der Waals surface area contributed by atoms with Crippen LogP contribution in [0.2, 0.25) is 0 Å². The third kappa shape index (κ3) is 3.86. The number of benzene rings is 1. The lowest BCUT2D eigenvalue weighted by atomic mass is 10.1. The topological polar surface area (TPSA) is 64.3 Å². The van der Waals surface area contributed by atoms with Crippen molar-refractivity contribution in [2.75, 3.05) is 22.6 Å². The van der Waals surface area contributed by atoms with Gasteiger partial charge in [-0.25, -0.2) is 0 Å². The first-order valence-corrected chi connectivity index (χ1v) is 8.21. The fourth-order valence-electron chi connectivity index (χ4n) is 2.18. The quantitative estimate of drug-likeness (QED) is 0.832. The summed E-state index contributed by atoms with van der Waals surface area (Å²) in [7, 11) is -0.632. The van der Waals surface area contributed by atoms with Crippen molar-refractivity contribution >= 4 is 22.2 Å². The highest BCUT2D eigenvalue weighted by atomic mass is 32.2. The van der Waals surface area contributed by atoms with Gasteiger partial charge in [0.2, 0.25) is 0 Å². The number of nitrogens with one attached hydrogen (secondary N) is 1. The molecule has 19 heavy (non-hydrogen) atoms. The van der Waals surface area contributed by atoms with Gasteiger partial charge in [0.25, 0.3) is 0 Å². The molecule has 0 atom stereocenters. The Morgan fingerprint density at radius 2 is 2.05 bits per heavy atom. The van der Waals surface area contributed by atoms with Gasteiger partial charge in [0.15, 0.2) is 0 Å². The highest BCUT2D eigenvalue weighted by Gasteiger charge is 2.19. The molecule has 4 nitrogen and oxygen atoms in total. The van der Waals surface area contributed by atoms with Crippen molar-refractivity contribution in [3.8, 4) is 5.75 Å². The molecule has 0 bridgehead atoms. The van der Waals surface area contributed by atoms with Crippen molar-refractivity contribution in [2.24, 2.45) is 0 Å². The van der Waals surface area contributed by atoms with Gasteiger partial charge < -0.3 is 15.8 Å². The fraction of sp³-hybridized carbons (Fsp3) is 0.571. The summed E-state index contributed by atoms with van der Waals surface area (Å²) >= 11 is 0. The number of para-hydroxylation sites is 1. The number of nitrogens with two attached hydrogens (primary N) is 1. The maximum atomic E-state index is 11.3. The number of nitrogen functional groups attached to an aromatic ring is 1. The van der Waals surface area contributed by atoms with Gasteiger partial charge in [0.1, 0.15) is 5.75 Å². The fourth-order valence-corrected chi connectivity index (χ4v) is 3.48. The van der Waals surface area contributed by atoms with Crippen LogP contribution in [0, 0.1) is 0 Å². The SMILES string of the molecule is CC(C)Oc1cccc(NC2CCS(=O)CC2)c1N. The van der Waals surface area contributed by atoms with Gasteiger partial charge in [-0.05, 0) is 38.8 Å². The van der Waals surface area contributed by atoms with Crippen molar-refractivity contribution in [1.82, 2.24) is 0 Å². The van der Waals surface area contributed by atoms with Gasteiger partial charge in [0.05, 0.1) is 17.5 Å². The molecule has 5 heteroatoms. The summed E-state index contributed by atoms with van der Waals surface area (Å²) in [6.45, 7) is 3.96. The van der Waals surface area contributed by atoms with Gasteiger partial charge >= 0.3 is 0 Å². The number of ether oxygens (including phenoxy) is 1. The molecule has 0 saturated carbocycles. The number of anilines is 2. The van der Waals surface area contributed by atoms with Crippen LogP contribution in [0.3, 0.4) is 0 Å². The predicted molar refractivity (Wildman–Crippen MR) is 81.1 cm³/mol. The zero-order valence-electron chi connectivity index (χ0n) is 11.5. The van der Waals surface area contributed by atoms with Crippen LogP contribution in [-0.4, -0.2) is 27.9 Å². The zero-order valence-corrected chi connectivity index (χ0v) is 12.3. The van der Waals surface area contributed by atoms with Crippen LogP contribution < -0.4 is 15.8 Å². The van der Waals surface area contributed by atoms with Crippen LogP contribution >= 0.6 is 0 Å². The minimum Gasteiger partial charge on any atom is -0.489 e. The molecule has 1 heterocycles. The highest BCUT2D eigenvalue weighted by Crippen LogP contribution is 2.31. The smallest absolute Gasteiger partial charge is 0.144 e. The molecular weight excluding hydrogens is 260 g/mol. The Labute approximate surface area is 117 Å². The van der Waals surface area contributed by atoms with E-state index >= 15 is 0 Å². The minimum atomic E-state index is -0.632. The normalized spacial score (nSPS) is 23.3. The van der Waals surface area contributed by atoms with E-state index in [0.717, 1.165) is 35.8 Å². The first kappa shape index (κ1) is 14.2. The lowest BCUT2D eigenvalue weighted by Crippen LogP contribution is -2.29. The molecule has 0 aromatic heterocycles. The zero-order chi connectivity index (χ0) is 13.8. The van der Waals surface area contributed by atoms with E-state index in [1.54, 1.807) is 0 Å². The molecule has 1 saturated heterocycles. The van der Waals surface area contributed by atoms with Gasteiger partial charge in [-0.3, -0.25) is 4.21 Å². The molecule has 3 N–H and O–H groups in total. The van der Waals surface area contributed by atoms with Crippen LogP contribution in [0.15, 0.2) is 18.2 Å². The minimum absolute atomic E-state index is 0.106. The molecular formula is C14H22N2O2S. The Bertz CT molecular complexity index is 453. The Kier molecular flexibility index (Phi) is 4.69. The number of hydrogen-bond donors (Lipinski definition) is 2. The van der Waals surface area contributed by atoms with Crippen LogP contribution in [0.4, 0.5) is 11.4 Å². The van der Waals surface area contributed by atoms with Crippen molar-refractivity contribution in [3.63, 3.8) is 0 Å². The lowest BCUT2D eigenvalue weighted by molar-refractivity contribution is 0.244. The Morgan fingerprint density at radius 3 is 2.68 bits per heavy atom. The summed E-state index contributed by atoms with van der Waals surface area (Å²) in [6, 6.07) is 6.15. The maximum Gasteiger partial charge on any atom is 0.144 e. The third-order valence-corrected chi connectivity index (χ3v) is 4.56. The molecule has 2 rings (SSSR count). The number of rotatable bonds is 4. The summed E-state index contributed by atoms with van der Waals surface area (Å²) in [6.07, 6.45) is 1.97. The molecule has 0 amide bonds. The molecule has 1 aromatic carbocycles. The largest absolute Gasteiger partial charge is 0.489 e. The standard InChI is InChI=1S/C14H22N2O2S/c1-10(2)18-13-5-3-4-12(14(13)15)16-11-6-8-19(17)9-7-11/h3-5,10-11,16H,6-9,15H2,1-2H3. The summed E-state index contributed by atoms with van der Waals surface area (Å²) < 4.78 is 17.0. The van der Waals surface area contributed by atoms with E-state index in [0.29, 0.717) is 11.7 Å². The molecule has 0 aliphatic carbocycles. The van der Waals surface area contributed by atoms with Crippen molar-refractivity contribution in [3.05, 3.63) is 18.2 Å². The van der Waals surface area contributed by atoms with Gasteiger partial charge in [-0.2, -0.15) is 0 Å². The first-order chi connectivity index (χ1) is 9.06.